The highest BCUT2D eigenvalue weighted by Gasteiger charge is 2.12. The Morgan fingerprint density at radius 3 is 2.46 bits per heavy atom. The molecule has 6 heteroatoms. The first-order valence-electron chi connectivity index (χ1n) is 9.12. The predicted molar refractivity (Wildman–Crippen MR) is 106 cm³/mol. The summed E-state index contributed by atoms with van der Waals surface area (Å²) in [5.74, 6) is -0.0702. The van der Waals surface area contributed by atoms with Gasteiger partial charge in [-0.15, -0.1) is 11.8 Å². The number of hydrogen-bond acceptors (Lipinski definition) is 4. The summed E-state index contributed by atoms with van der Waals surface area (Å²) in [6, 6.07) is 14.3. The fraction of sp³-hybridized carbons (Fsp3) is 0.400. The Hall–Kier alpha value is -2.05. The molecule has 0 saturated carbocycles. The van der Waals surface area contributed by atoms with Crippen molar-refractivity contribution in [3.05, 3.63) is 42.5 Å². The van der Waals surface area contributed by atoms with E-state index in [-0.39, 0.29) is 17.6 Å². The molecule has 2 N–H and O–H groups in total. The summed E-state index contributed by atoms with van der Waals surface area (Å²) in [5.41, 5.74) is 5.01. The number of likely N-dealkylation sites (tertiary alicyclic amines) is 1. The van der Waals surface area contributed by atoms with E-state index in [1.165, 1.54) is 36.4 Å². The van der Waals surface area contributed by atoms with Crippen LogP contribution in [0.5, 0.6) is 0 Å². The fourth-order valence-corrected chi connectivity index (χ4v) is 3.83. The fourth-order valence-electron chi connectivity index (χ4n) is 3.09. The summed E-state index contributed by atoms with van der Waals surface area (Å²) < 4.78 is 0. The number of nitrogens with zero attached hydrogens (tertiary/aromatic N) is 1. The Balaban J connectivity index is 1.36. The van der Waals surface area contributed by atoms with E-state index in [0.717, 1.165) is 29.9 Å². The standard InChI is InChI=1S/C20H25N3O2S/c24-19(10-13-23-11-4-1-5-12-23)21-22-20(25)15-26-18-9-8-16-6-2-3-7-17(16)14-18/h2-3,6-9,14H,1,4-5,10-13,15H2,(H,21,24)(H,22,25). The quantitative estimate of drug-likeness (QED) is 0.605. The van der Waals surface area contributed by atoms with Crippen molar-refractivity contribution in [1.29, 1.82) is 0 Å². The zero-order valence-corrected chi connectivity index (χ0v) is 15.7. The van der Waals surface area contributed by atoms with Gasteiger partial charge in [0.1, 0.15) is 0 Å². The summed E-state index contributed by atoms with van der Waals surface area (Å²) in [6.45, 7) is 2.90. The third kappa shape index (κ3) is 5.75. The van der Waals surface area contributed by atoms with E-state index in [9.17, 15) is 9.59 Å². The van der Waals surface area contributed by atoms with E-state index in [4.69, 9.17) is 0 Å². The van der Waals surface area contributed by atoms with Gasteiger partial charge in [-0.3, -0.25) is 20.4 Å². The third-order valence-corrected chi connectivity index (χ3v) is 5.53. The first-order valence-corrected chi connectivity index (χ1v) is 10.1. The molecule has 1 fully saturated rings. The number of hydrogen-bond donors (Lipinski definition) is 2. The Labute approximate surface area is 158 Å². The normalized spacial score (nSPS) is 14.9. The molecule has 0 atom stereocenters. The maximum Gasteiger partial charge on any atom is 0.248 e. The van der Waals surface area contributed by atoms with E-state index in [2.05, 4.69) is 40.0 Å². The van der Waals surface area contributed by atoms with Gasteiger partial charge < -0.3 is 4.90 Å². The lowest BCUT2D eigenvalue weighted by Gasteiger charge is -2.25. The van der Waals surface area contributed by atoms with Gasteiger partial charge in [0.2, 0.25) is 11.8 Å². The SMILES string of the molecule is O=C(CCN1CCCCC1)NNC(=O)CSc1ccc2ccccc2c1. The van der Waals surface area contributed by atoms with Crippen molar-refractivity contribution in [2.75, 3.05) is 25.4 Å². The van der Waals surface area contributed by atoms with Crippen molar-refractivity contribution < 1.29 is 9.59 Å². The molecule has 26 heavy (non-hydrogen) atoms. The van der Waals surface area contributed by atoms with Crippen molar-refractivity contribution >= 4 is 34.3 Å². The molecule has 1 aliphatic heterocycles. The number of hydrazine groups is 1. The highest BCUT2D eigenvalue weighted by atomic mass is 32.2. The smallest absolute Gasteiger partial charge is 0.248 e. The first kappa shape index (κ1) is 18.7. The second kappa shape index (κ2) is 9.59. The van der Waals surface area contributed by atoms with Gasteiger partial charge in [0.25, 0.3) is 0 Å². The Morgan fingerprint density at radius 1 is 0.923 bits per heavy atom. The summed E-state index contributed by atoms with van der Waals surface area (Å²) in [5, 5.41) is 2.34. The van der Waals surface area contributed by atoms with Gasteiger partial charge in [-0.05, 0) is 48.8 Å². The lowest BCUT2D eigenvalue weighted by molar-refractivity contribution is -0.127. The van der Waals surface area contributed by atoms with Crippen LogP contribution in [0.3, 0.4) is 0 Å². The lowest BCUT2D eigenvalue weighted by Crippen LogP contribution is -2.44. The van der Waals surface area contributed by atoms with Crippen LogP contribution in [0.1, 0.15) is 25.7 Å². The summed E-state index contributed by atoms with van der Waals surface area (Å²) in [4.78, 5) is 27.1. The maximum atomic E-state index is 11.9. The number of rotatable bonds is 6. The second-order valence-electron chi connectivity index (χ2n) is 6.55. The average molecular weight is 372 g/mol. The van der Waals surface area contributed by atoms with Crippen molar-refractivity contribution in [2.24, 2.45) is 0 Å². The molecule has 0 unspecified atom stereocenters. The molecular weight excluding hydrogens is 346 g/mol. The Morgan fingerprint density at radius 2 is 1.65 bits per heavy atom. The number of carbonyl (C=O) groups is 2. The van der Waals surface area contributed by atoms with Gasteiger partial charge in [0.15, 0.2) is 0 Å². The highest BCUT2D eigenvalue weighted by Crippen LogP contribution is 2.23. The van der Waals surface area contributed by atoms with E-state index >= 15 is 0 Å². The molecular formula is C20H25N3O2S. The summed E-state index contributed by atoms with van der Waals surface area (Å²) in [6.07, 6.45) is 4.13. The topological polar surface area (TPSA) is 61.4 Å². The second-order valence-corrected chi connectivity index (χ2v) is 7.60. The van der Waals surface area contributed by atoms with Crippen molar-refractivity contribution in [1.82, 2.24) is 15.8 Å². The molecule has 2 amide bonds. The van der Waals surface area contributed by atoms with E-state index in [1.54, 1.807) is 0 Å². The van der Waals surface area contributed by atoms with Crippen LogP contribution in [0.25, 0.3) is 10.8 Å². The minimum atomic E-state index is -0.200. The molecule has 0 bridgehead atoms. The van der Waals surface area contributed by atoms with Crippen LogP contribution >= 0.6 is 11.8 Å². The Kier molecular flexibility index (Phi) is 6.91. The molecule has 1 heterocycles. The minimum Gasteiger partial charge on any atom is -0.303 e. The van der Waals surface area contributed by atoms with E-state index in [0.29, 0.717) is 6.42 Å². The number of nitrogens with one attached hydrogen (secondary N) is 2. The molecule has 0 spiro atoms. The number of carbonyl (C=O) groups excluding carboxylic acids is 2. The van der Waals surface area contributed by atoms with Gasteiger partial charge in [-0.25, -0.2) is 0 Å². The van der Waals surface area contributed by atoms with Gasteiger partial charge in [0.05, 0.1) is 5.75 Å². The van der Waals surface area contributed by atoms with Crippen LogP contribution in [0.15, 0.2) is 47.4 Å². The maximum absolute atomic E-state index is 11.9. The highest BCUT2D eigenvalue weighted by molar-refractivity contribution is 8.00. The van der Waals surface area contributed by atoms with E-state index in [1.807, 2.05) is 18.2 Å². The van der Waals surface area contributed by atoms with Crippen LogP contribution < -0.4 is 10.9 Å². The van der Waals surface area contributed by atoms with Gasteiger partial charge in [-0.2, -0.15) is 0 Å². The molecule has 0 aromatic heterocycles. The average Bonchev–Trinajstić information content (AvgIpc) is 2.69. The summed E-state index contributed by atoms with van der Waals surface area (Å²) >= 11 is 1.46. The number of amides is 2. The number of piperidine rings is 1. The number of benzene rings is 2. The van der Waals surface area contributed by atoms with Gasteiger partial charge in [-0.1, -0.05) is 36.8 Å². The van der Waals surface area contributed by atoms with E-state index < -0.39 is 0 Å². The molecule has 5 nitrogen and oxygen atoms in total. The number of thioether (sulfide) groups is 1. The van der Waals surface area contributed by atoms with Crippen molar-refractivity contribution in [3.8, 4) is 0 Å². The molecule has 3 rings (SSSR count). The molecule has 138 valence electrons. The molecule has 0 aliphatic carbocycles. The summed E-state index contributed by atoms with van der Waals surface area (Å²) in [7, 11) is 0. The zero-order valence-electron chi connectivity index (χ0n) is 14.9. The van der Waals surface area contributed by atoms with Crippen LogP contribution in [0.4, 0.5) is 0 Å². The van der Waals surface area contributed by atoms with Crippen LogP contribution in [0, 0.1) is 0 Å². The van der Waals surface area contributed by atoms with Gasteiger partial charge >= 0.3 is 0 Å². The largest absolute Gasteiger partial charge is 0.303 e. The first-order chi connectivity index (χ1) is 12.7. The predicted octanol–water partition coefficient (Wildman–Crippen LogP) is 2.96. The molecule has 0 radical (unpaired) electrons. The van der Waals surface area contributed by atoms with Gasteiger partial charge in [0, 0.05) is 17.9 Å². The molecule has 2 aromatic carbocycles. The molecule has 1 saturated heterocycles. The Bertz CT molecular complexity index is 760. The lowest BCUT2D eigenvalue weighted by atomic mass is 10.1. The number of fused-ring (bicyclic) bond motifs is 1. The van der Waals surface area contributed by atoms with Crippen molar-refractivity contribution in [3.63, 3.8) is 0 Å². The zero-order chi connectivity index (χ0) is 18.2. The van der Waals surface area contributed by atoms with Crippen LogP contribution in [-0.4, -0.2) is 42.1 Å². The van der Waals surface area contributed by atoms with Crippen molar-refractivity contribution in [2.45, 2.75) is 30.6 Å². The molecule has 1 aliphatic rings. The monoisotopic (exact) mass is 371 g/mol. The molecule has 2 aromatic rings. The minimum absolute atomic E-state index is 0.139. The van der Waals surface area contributed by atoms with Crippen LogP contribution in [0.2, 0.25) is 0 Å². The third-order valence-electron chi connectivity index (χ3n) is 4.54. The van der Waals surface area contributed by atoms with Crippen LogP contribution in [-0.2, 0) is 9.59 Å².